The van der Waals surface area contributed by atoms with Gasteiger partial charge in [0.25, 0.3) is 11.6 Å². The lowest BCUT2D eigenvalue weighted by molar-refractivity contribution is -0.385. The first-order valence-electron chi connectivity index (χ1n) is 8.30. The molecule has 3 rings (SSSR count). The van der Waals surface area contributed by atoms with Crippen LogP contribution in [0.4, 0.5) is 11.5 Å². The van der Waals surface area contributed by atoms with Crippen LogP contribution in [-0.4, -0.2) is 33.2 Å². The number of amides is 1. The average molecular weight is 358 g/mol. The highest BCUT2D eigenvalue weighted by Gasteiger charge is 2.23. The minimum absolute atomic E-state index is 0.193. The summed E-state index contributed by atoms with van der Waals surface area (Å²) in [4.78, 5) is 34.4. The molecule has 1 heterocycles. The highest BCUT2D eigenvalue weighted by Crippen LogP contribution is 2.31. The fourth-order valence-corrected chi connectivity index (χ4v) is 3.05. The Balaban J connectivity index is 1.59. The predicted molar refractivity (Wildman–Crippen MR) is 91.7 cm³/mol. The standard InChI is InChI=1S/C17H18N4O5/c22-16(19-15-9-10-18-20(15)12-5-1-2-6-12)11-26-17(23)13-7-3-4-8-14(13)21(24)25/h3-4,7-10,12H,1-2,5-6,11H2,(H,19,22). The van der Waals surface area contributed by atoms with E-state index in [-0.39, 0.29) is 17.3 Å². The number of benzene rings is 1. The van der Waals surface area contributed by atoms with E-state index in [9.17, 15) is 19.7 Å². The van der Waals surface area contributed by atoms with Crippen molar-refractivity contribution in [3.8, 4) is 0 Å². The second-order valence-corrected chi connectivity index (χ2v) is 6.00. The lowest BCUT2D eigenvalue weighted by atomic mass is 10.2. The molecule has 0 aliphatic heterocycles. The van der Waals surface area contributed by atoms with Gasteiger partial charge in [0.05, 0.1) is 17.2 Å². The molecule has 2 aromatic rings. The molecule has 1 aliphatic carbocycles. The van der Waals surface area contributed by atoms with Crippen molar-refractivity contribution >= 4 is 23.4 Å². The zero-order chi connectivity index (χ0) is 18.5. The summed E-state index contributed by atoms with van der Waals surface area (Å²) in [5.41, 5.74) is -0.557. The van der Waals surface area contributed by atoms with E-state index in [1.54, 1.807) is 16.9 Å². The van der Waals surface area contributed by atoms with Crippen LogP contribution in [0.2, 0.25) is 0 Å². The number of nitrogens with one attached hydrogen (secondary N) is 1. The normalized spacial score (nSPS) is 14.2. The van der Waals surface area contributed by atoms with Crippen LogP contribution in [0.15, 0.2) is 36.5 Å². The number of anilines is 1. The molecule has 9 heteroatoms. The van der Waals surface area contributed by atoms with Crippen molar-refractivity contribution in [3.63, 3.8) is 0 Å². The molecule has 0 spiro atoms. The third kappa shape index (κ3) is 3.88. The molecule has 0 saturated heterocycles. The number of hydrogen-bond acceptors (Lipinski definition) is 6. The molecular formula is C17H18N4O5. The molecule has 136 valence electrons. The smallest absolute Gasteiger partial charge is 0.345 e. The quantitative estimate of drug-likeness (QED) is 0.482. The maximum absolute atomic E-state index is 12.1. The van der Waals surface area contributed by atoms with Gasteiger partial charge < -0.3 is 10.1 Å². The predicted octanol–water partition coefficient (Wildman–Crippen LogP) is 2.70. The number of nitro groups is 1. The third-order valence-corrected chi connectivity index (χ3v) is 4.26. The van der Waals surface area contributed by atoms with Gasteiger partial charge in [0, 0.05) is 12.1 Å². The Kier molecular flexibility index (Phi) is 5.26. The van der Waals surface area contributed by atoms with Gasteiger partial charge in [0.2, 0.25) is 0 Å². The fourth-order valence-electron chi connectivity index (χ4n) is 3.05. The van der Waals surface area contributed by atoms with Gasteiger partial charge in [-0.3, -0.25) is 14.9 Å². The first-order valence-corrected chi connectivity index (χ1v) is 8.30. The number of carbonyl (C=O) groups is 2. The minimum atomic E-state index is -0.920. The van der Waals surface area contributed by atoms with Crippen molar-refractivity contribution in [2.75, 3.05) is 11.9 Å². The maximum Gasteiger partial charge on any atom is 0.345 e. The fraction of sp³-hybridized carbons (Fsp3) is 0.353. The average Bonchev–Trinajstić information content (AvgIpc) is 3.31. The van der Waals surface area contributed by atoms with Gasteiger partial charge in [-0.1, -0.05) is 25.0 Å². The molecule has 0 unspecified atom stereocenters. The van der Waals surface area contributed by atoms with Gasteiger partial charge in [-0.25, -0.2) is 9.48 Å². The van der Waals surface area contributed by atoms with E-state index in [1.165, 1.54) is 24.3 Å². The Morgan fingerprint density at radius 1 is 1.27 bits per heavy atom. The number of ether oxygens (including phenoxy) is 1. The van der Waals surface area contributed by atoms with Crippen LogP contribution in [0.5, 0.6) is 0 Å². The van der Waals surface area contributed by atoms with Crippen LogP contribution >= 0.6 is 0 Å². The summed E-state index contributed by atoms with van der Waals surface area (Å²) in [6.07, 6.45) is 5.89. The Labute approximate surface area is 149 Å². The van der Waals surface area contributed by atoms with Gasteiger partial charge in [0.15, 0.2) is 6.61 Å². The van der Waals surface area contributed by atoms with E-state index in [0.29, 0.717) is 5.82 Å². The summed E-state index contributed by atoms with van der Waals surface area (Å²) in [5.74, 6) is -0.905. The second-order valence-electron chi connectivity index (χ2n) is 6.00. The zero-order valence-corrected chi connectivity index (χ0v) is 14.0. The maximum atomic E-state index is 12.1. The molecule has 26 heavy (non-hydrogen) atoms. The molecule has 9 nitrogen and oxygen atoms in total. The van der Waals surface area contributed by atoms with Gasteiger partial charge in [0.1, 0.15) is 11.4 Å². The van der Waals surface area contributed by atoms with Crippen molar-refractivity contribution < 1.29 is 19.2 Å². The molecular weight excluding hydrogens is 340 g/mol. The molecule has 1 aromatic heterocycles. The van der Waals surface area contributed by atoms with Crippen molar-refractivity contribution in [1.29, 1.82) is 0 Å². The Morgan fingerprint density at radius 3 is 2.73 bits per heavy atom. The Morgan fingerprint density at radius 2 is 2.00 bits per heavy atom. The van der Waals surface area contributed by atoms with E-state index in [4.69, 9.17) is 4.74 Å². The second kappa shape index (κ2) is 7.77. The van der Waals surface area contributed by atoms with Crippen molar-refractivity contribution in [3.05, 3.63) is 52.2 Å². The molecule has 0 atom stereocenters. The van der Waals surface area contributed by atoms with E-state index in [2.05, 4.69) is 10.4 Å². The number of rotatable bonds is 6. The highest BCUT2D eigenvalue weighted by molar-refractivity contribution is 5.97. The lowest BCUT2D eigenvalue weighted by Crippen LogP contribution is -2.23. The molecule has 0 bridgehead atoms. The number of esters is 1. The van der Waals surface area contributed by atoms with E-state index in [0.717, 1.165) is 25.7 Å². The van der Waals surface area contributed by atoms with Gasteiger partial charge >= 0.3 is 5.97 Å². The zero-order valence-electron chi connectivity index (χ0n) is 14.0. The SMILES string of the molecule is O=C(COC(=O)c1ccccc1[N+](=O)[O-])Nc1ccnn1C1CCCC1. The molecule has 1 N–H and O–H groups in total. The van der Waals surface area contributed by atoms with Gasteiger partial charge in [-0.2, -0.15) is 5.10 Å². The van der Waals surface area contributed by atoms with Crippen LogP contribution in [0.3, 0.4) is 0 Å². The first kappa shape index (κ1) is 17.6. The highest BCUT2D eigenvalue weighted by atomic mass is 16.6. The van der Waals surface area contributed by atoms with E-state index in [1.807, 2.05) is 0 Å². The van der Waals surface area contributed by atoms with Gasteiger partial charge in [-0.15, -0.1) is 0 Å². The topological polar surface area (TPSA) is 116 Å². The molecule has 1 fully saturated rings. The first-order chi connectivity index (χ1) is 12.6. The number of aromatic nitrogens is 2. The van der Waals surface area contributed by atoms with Crippen molar-refractivity contribution in [1.82, 2.24) is 9.78 Å². The molecule has 1 aromatic carbocycles. The summed E-state index contributed by atoms with van der Waals surface area (Å²) in [7, 11) is 0. The summed E-state index contributed by atoms with van der Waals surface area (Å²) < 4.78 is 6.68. The number of nitrogens with zero attached hydrogens (tertiary/aromatic N) is 3. The van der Waals surface area contributed by atoms with Crippen LogP contribution in [0, 0.1) is 10.1 Å². The lowest BCUT2D eigenvalue weighted by Gasteiger charge is -2.14. The van der Waals surface area contributed by atoms with Crippen LogP contribution in [0.1, 0.15) is 42.1 Å². The van der Waals surface area contributed by atoms with Crippen molar-refractivity contribution in [2.45, 2.75) is 31.7 Å². The Bertz CT molecular complexity index is 826. The van der Waals surface area contributed by atoms with Crippen LogP contribution in [-0.2, 0) is 9.53 Å². The minimum Gasteiger partial charge on any atom is -0.452 e. The summed E-state index contributed by atoms with van der Waals surface area (Å²) in [6.45, 7) is -0.541. The monoisotopic (exact) mass is 358 g/mol. The van der Waals surface area contributed by atoms with E-state index >= 15 is 0 Å². The van der Waals surface area contributed by atoms with Crippen LogP contribution in [0.25, 0.3) is 0 Å². The number of para-hydroxylation sites is 1. The van der Waals surface area contributed by atoms with Gasteiger partial charge in [-0.05, 0) is 18.9 Å². The number of carbonyl (C=O) groups excluding carboxylic acids is 2. The van der Waals surface area contributed by atoms with E-state index < -0.39 is 23.4 Å². The Hall–Kier alpha value is -3.23. The molecule has 1 saturated carbocycles. The molecule has 0 radical (unpaired) electrons. The molecule has 1 amide bonds. The molecule has 1 aliphatic rings. The summed E-state index contributed by atoms with van der Waals surface area (Å²) in [6, 6.07) is 7.37. The summed E-state index contributed by atoms with van der Waals surface area (Å²) >= 11 is 0. The number of nitro benzene ring substituents is 1. The largest absolute Gasteiger partial charge is 0.452 e. The third-order valence-electron chi connectivity index (χ3n) is 4.26. The number of hydrogen-bond donors (Lipinski definition) is 1. The summed E-state index contributed by atoms with van der Waals surface area (Å²) in [5, 5.41) is 17.9. The van der Waals surface area contributed by atoms with Crippen molar-refractivity contribution in [2.24, 2.45) is 0 Å². The van der Waals surface area contributed by atoms with Crippen LogP contribution < -0.4 is 5.32 Å².